The van der Waals surface area contributed by atoms with Crippen molar-refractivity contribution < 1.29 is 32.2 Å². The van der Waals surface area contributed by atoms with Crippen LogP contribution in [0.25, 0.3) is 11.1 Å². The predicted octanol–water partition coefficient (Wildman–Crippen LogP) is 5.60. The summed E-state index contributed by atoms with van der Waals surface area (Å²) in [5.74, 6) is -0.319. The van der Waals surface area contributed by atoms with E-state index >= 15 is 0 Å². The third-order valence-electron chi connectivity index (χ3n) is 6.55. The van der Waals surface area contributed by atoms with Crippen LogP contribution in [-0.2, 0) is 15.7 Å². The molecular weight excluding hydrogens is 487 g/mol. The van der Waals surface area contributed by atoms with Crippen LogP contribution in [0.1, 0.15) is 41.0 Å². The number of aromatic nitrogens is 1. The Morgan fingerprint density at radius 3 is 2.62 bits per heavy atom. The molecule has 0 atom stereocenters. The predicted molar refractivity (Wildman–Crippen MR) is 130 cm³/mol. The van der Waals surface area contributed by atoms with E-state index in [-0.39, 0.29) is 18.0 Å². The number of rotatable bonds is 3. The van der Waals surface area contributed by atoms with Gasteiger partial charge in [0.15, 0.2) is 0 Å². The van der Waals surface area contributed by atoms with Crippen LogP contribution in [0.2, 0.25) is 0 Å². The molecule has 0 aliphatic carbocycles. The van der Waals surface area contributed by atoms with Crippen LogP contribution in [0.5, 0.6) is 5.75 Å². The quantitative estimate of drug-likeness (QED) is 0.478. The molecule has 37 heavy (non-hydrogen) atoms. The summed E-state index contributed by atoms with van der Waals surface area (Å²) in [6, 6.07) is 13.9. The highest BCUT2D eigenvalue weighted by molar-refractivity contribution is 6.03. The maximum atomic E-state index is 13.0. The first kappa shape index (κ1) is 24.8. The standard InChI is InChI=1S/C27H24F3N3O4/c1-16-5-7-18(31-25(35)21-3-2-4-23(32-21)27(28,29)30)14-19(16)17-6-8-20-22(13-17)37-26(15-24(34)33-20)9-11-36-12-10-26/h2-8,13-14H,9-12,15H2,1H3,(H,31,35)(H,33,34). The maximum absolute atomic E-state index is 13.0. The molecule has 3 aromatic rings. The minimum absolute atomic E-state index is 0.113. The number of amides is 2. The van der Waals surface area contributed by atoms with Gasteiger partial charge < -0.3 is 20.1 Å². The van der Waals surface area contributed by atoms with Crippen LogP contribution in [-0.4, -0.2) is 35.6 Å². The van der Waals surface area contributed by atoms with Crippen molar-refractivity contribution in [1.29, 1.82) is 0 Å². The fourth-order valence-corrected chi connectivity index (χ4v) is 4.58. The minimum atomic E-state index is -4.65. The van der Waals surface area contributed by atoms with Gasteiger partial charge in [-0.3, -0.25) is 9.59 Å². The number of fused-ring (bicyclic) bond motifs is 1. The Bertz CT molecular complexity index is 1370. The van der Waals surface area contributed by atoms with Crippen molar-refractivity contribution in [2.45, 2.75) is 38.0 Å². The summed E-state index contributed by atoms with van der Waals surface area (Å²) in [5.41, 5.74) is 1.37. The molecule has 1 saturated heterocycles. The number of anilines is 2. The van der Waals surface area contributed by atoms with Gasteiger partial charge in [0, 0.05) is 18.5 Å². The third kappa shape index (κ3) is 5.29. The number of hydrogen-bond donors (Lipinski definition) is 2. The Balaban J connectivity index is 1.43. The molecule has 1 aromatic heterocycles. The van der Waals surface area contributed by atoms with Crippen LogP contribution in [0.15, 0.2) is 54.6 Å². The average Bonchev–Trinajstić information content (AvgIpc) is 2.99. The van der Waals surface area contributed by atoms with Gasteiger partial charge in [-0.15, -0.1) is 0 Å². The summed E-state index contributed by atoms with van der Waals surface area (Å²) in [7, 11) is 0. The van der Waals surface area contributed by atoms with Gasteiger partial charge in [0.05, 0.1) is 25.3 Å². The van der Waals surface area contributed by atoms with E-state index < -0.39 is 23.4 Å². The number of aryl methyl sites for hydroxylation is 1. The van der Waals surface area contributed by atoms with Gasteiger partial charge in [-0.2, -0.15) is 13.2 Å². The lowest BCUT2D eigenvalue weighted by Gasteiger charge is -2.35. The molecule has 0 unspecified atom stereocenters. The number of benzene rings is 2. The van der Waals surface area contributed by atoms with Crippen molar-refractivity contribution in [2.75, 3.05) is 23.8 Å². The number of carbonyl (C=O) groups is 2. The first-order valence-electron chi connectivity index (χ1n) is 11.8. The summed E-state index contributed by atoms with van der Waals surface area (Å²) < 4.78 is 50.9. The molecule has 0 bridgehead atoms. The first-order chi connectivity index (χ1) is 17.6. The lowest BCUT2D eigenvalue weighted by molar-refractivity contribution is -0.141. The summed E-state index contributed by atoms with van der Waals surface area (Å²) in [6.45, 7) is 2.94. The topological polar surface area (TPSA) is 89.6 Å². The SMILES string of the molecule is Cc1ccc(NC(=O)c2cccc(C(F)(F)F)n2)cc1-c1ccc2c(c1)OC1(CCOCC1)CC(=O)N2. The molecule has 2 N–H and O–H groups in total. The maximum Gasteiger partial charge on any atom is 0.433 e. The molecule has 10 heteroatoms. The molecule has 2 aromatic carbocycles. The van der Waals surface area contributed by atoms with Crippen LogP contribution in [0.3, 0.4) is 0 Å². The van der Waals surface area contributed by atoms with E-state index in [1.807, 2.05) is 19.1 Å². The highest BCUT2D eigenvalue weighted by atomic mass is 19.4. The zero-order valence-corrected chi connectivity index (χ0v) is 19.9. The van der Waals surface area contributed by atoms with E-state index in [0.717, 1.165) is 28.8 Å². The lowest BCUT2D eigenvalue weighted by atomic mass is 9.90. The second-order valence-corrected chi connectivity index (χ2v) is 9.22. The number of ether oxygens (including phenoxy) is 2. The number of nitrogens with zero attached hydrogens (tertiary/aromatic N) is 1. The minimum Gasteiger partial charge on any atom is -0.484 e. The second-order valence-electron chi connectivity index (χ2n) is 9.22. The fourth-order valence-electron chi connectivity index (χ4n) is 4.58. The first-order valence-corrected chi connectivity index (χ1v) is 11.8. The Morgan fingerprint density at radius 2 is 1.86 bits per heavy atom. The molecule has 2 aliphatic rings. The van der Waals surface area contributed by atoms with E-state index in [1.165, 1.54) is 6.07 Å². The van der Waals surface area contributed by atoms with Crippen LogP contribution < -0.4 is 15.4 Å². The Kier molecular flexibility index (Phi) is 6.36. The number of nitrogens with one attached hydrogen (secondary N) is 2. The zero-order valence-electron chi connectivity index (χ0n) is 19.9. The highest BCUT2D eigenvalue weighted by Gasteiger charge is 2.40. The second kappa shape index (κ2) is 9.51. The summed E-state index contributed by atoms with van der Waals surface area (Å²) in [6.07, 6.45) is -3.20. The Labute approximate surface area is 211 Å². The molecular formula is C27H24F3N3O4. The molecule has 2 aliphatic heterocycles. The molecule has 7 nitrogen and oxygen atoms in total. The lowest BCUT2D eigenvalue weighted by Crippen LogP contribution is -2.43. The van der Waals surface area contributed by atoms with Crippen molar-refractivity contribution in [3.8, 4) is 16.9 Å². The molecule has 1 spiro atoms. The van der Waals surface area contributed by atoms with Gasteiger partial charge in [-0.25, -0.2) is 4.98 Å². The van der Waals surface area contributed by atoms with Gasteiger partial charge in [-0.1, -0.05) is 18.2 Å². The van der Waals surface area contributed by atoms with Crippen LogP contribution in [0.4, 0.5) is 24.5 Å². The molecule has 192 valence electrons. The summed E-state index contributed by atoms with van der Waals surface area (Å²) >= 11 is 0. The summed E-state index contributed by atoms with van der Waals surface area (Å²) in [5, 5.41) is 5.54. The molecule has 3 heterocycles. The number of halogens is 3. The molecule has 2 amide bonds. The Hall–Kier alpha value is -3.92. The number of carbonyl (C=O) groups excluding carboxylic acids is 2. The smallest absolute Gasteiger partial charge is 0.433 e. The van der Waals surface area contributed by atoms with E-state index in [1.54, 1.807) is 24.3 Å². The molecule has 0 saturated carbocycles. The number of hydrogen-bond acceptors (Lipinski definition) is 5. The van der Waals surface area contributed by atoms with Gasteiger partial charge in [-0.05, 0) is 60.0 Å². The normalized spacial score (nSPS) is 16.8. The Morgan fingerprint density at radius 1 is 1.08 bits per heavy atom. The summed E-state index contributed by atoms with van der Waals surface area (Å²) in [4.78, 5) is 28.6. The van der Waals surface area contributed by atoms with E-state index in [4.69, 9.17) is 9.47 Å². The van der Waals surface area contributed by atoms with E-state index in [9.17, 15) is 22.8 Å². The third-order valence-corrected chi connectivity index (χ3v) is 6.55. The van der Waals surface area contributed by atoms with Crippen molar-refractivity contribution in [3.63, 3.8) is 0 Å². The van der Waals surface area contributed by atoms with Crippen molar-refractivity contribution in [1.82, 2.24) is 4.98 Å². The van der Waals surface area contributed by atoms with Gasteiger partial charge in [0.25, 0.3) is 5.91 Å². The highest BCUT2D eigenvalue weighted by Crippen LogP contribution is 2.41. The number of pyridine rings is 1. The van der Waals surface area contributed by atoms with Crippen LogP contribution in [0, 0.1) is 6.92 Å². The molecule has 1 fully saturated rings. The van der Waals surface area contributed by atoms with Crippen LogP contribution >= 0.6 is 0 Å². The van der Waals surface area contributed by atoms with Crippen molar-refractivity contribution >= 4 is 23.2 Å². The number of alkyl halides is 3. The fraction of sp³-hybridized carbons (Fsp3) is 0.296. The monoisotopic (exact) mass is 511 g/mol. The molecule has 5 rings (SSSR count). The molecule has 0 radical (unpaired) electrons. The van der Waals surface area contributed by atoms with Gasteiger partial charge >= 0.3 is 6.18 Å². The zero-order chi connectivity index (χ0) is 26.2. The van der Waals surface area contributed by atoms with E-state index in [0.29, 0.717) is 43.2 Å². The largest absolute Gasteiger partial charge is 0.484 e. The average molecular weight is 512 g/mol. The van der Waals surface area contributed by atoms with Gasteiger partial charge in [0.1, 0.15) is 22.7 Å². The van der Waals surface area contributed by atoms with E-state index in [2.05, 4.69) is 15.6 Å². The van der Waals surface area contributed by atoms with Crippen molar-refractivity contribution in [2.24, 2.45) is 0 Å². The van der Waals surface area contributed by atoms with Gasteiger partial charge in [0.2, 0.25) is 5.91 Å². The van der Waals surface area contributed by atoms with Crippen molar-refractivity contribution in [3.05, 3.63) is 71.5 Å².